The van der Waals surface area contributed by atoms with Crippen molar-refractivity contribution in [1.29, 1.82) is 0 Å². The molecular formula is C20H24ClNO4. The van der Waals surface area contributed by atoms with Crippen LogP contribution in [0.15, 0.2) is 48.5 Å². The summed E-state index contributed by atoms with van der Waals surface area (Å²) in [6, 6.07) is 14.4. The van der Waals surface area contributed by atoms with Crippen LogP contribution in [0.25, 0.3) is 0 Å². The van der Waals surface area contributed by atoms with Crippen LogP contribution in [-0.2, 0) is 4.74 Å². The Morgan fingerprint density at radius 2 is 1.77 bits per heavy atom. The van der Waals surface area contributed by atoms with Gasteiger partial charge in [0.1, 0.15) is 18.5 Å². The van der Waals surface area contributed by atoms with Crippen LogP contribution in [0.4, 0.5) is 0 Å². The van der Waals surface area contributed by atoms with Crippen LogP contribution >= 0.6 is 11.6 Å². The smallest absolute Gasteiger partial charge is 0.337 e. The second kappa shape index (κ2) is 9.57. The number of benzene rings is 2. The first-order valence-corrected chi connectivity index (χ1v) is 8.73. The number of halogens is 1. The zero-order chi connectivity index (χ0) is 19.1. The van der Waals surface area contributed by atoms with Crippen LogP contribution in [0.5, 0.6) is 5.75 Å². The van der Waals surface area contributed by atoms with Crippen LogP contribution in [0.2, 0.25) is 5.02 Å². The number of esters is 1. The summed E-state index contributed by atoms with van der Waals surface area (Å²) in [5, 5.41) is 10.9. The van der Waals surface area contributed by atoms with Gasteiger partial charge >= 0.3 is 5.97 Å². The molecule has 0 amide bonds. The Morgan fingerprint density at radius 3 is 2.35 bits per heavy atom. The fourth-order valence-electron chi connectivity index (χ4n) is 2.54. The number of aliphatic hydroxyl groups is 1. The van der Waals surface area contributed by atoms with E-state index in [-0.39, 0.29) is 12.6 Å². The van der Waals surface area contributed by atoms with Gasteiger partial charge in [0.05, 0.1) is 12.7 Å². The molecule has 2 unspecified atom stereocenters. The molecule has 2 aromatic rings. The lowest BCUT2D eigenvalue weighted by Gasteiger charge is -2.27. The molecule has 0 aliphatic carbocycles. The summed E-state index contributed by atoms with van der Waals surface area (Å²) in [6.45, 7) is 2.70. The van der Waals surface area contributed by atoms with E-state index in [1.54, 1.807) is 24.3 Å². The van der Waals surface area contributed by atoms with Gasteiger partial charge in [-0.15, -0.1) is 0 Å². The summed E-state index contributed by atoms with van der Waals surface area (Å²) in [6.07, 6.45) is -0.643. The maximum atomic E-state index is 11.4. The SMILES string of the molecule is COC(=O)c1ccc(OCC(O)CN(C)C(C)c2ccc(Cl)cc2)cc1. The summed E-state index contributed by atoms with van der Waals surface area (Å²) >= 11 is 5.92. The van der Waals surface area contributed by atoms with Gasteiger partial charge < -0.3 is 14.6 Å². The Balaban J connectivity index is 1.83. The minimum atomic E-state index is -0.643. The number of likely N-dealkylation sites (N-methyl/N-ethyl adjacent to an activating group) is 1. The van der Waals surface area contributed by atoms with Crippen LogP contribution in [-0.4, -0.2) is 49.4 Å². The highest BCUT2D eigenvalue weighted by Gasteiger charge is 2.16. The molecule has 0 aliphatic rings. The molecule has 2 atom stereocenters. The first-order valence-electron chi connectivity index (χ1n) is 8.35. The van der Waals surface area contributed by atoms with E-state index in [4.69, 9.17) is 16.3 Å². The van der Waals surface area contributed by atoms with Crippen molar-refractivity contribution in [3.8, 4) is 5.75 Å². The van der Waals surface area contributed by atoms with Crippen molar-refractivity contribution in [2.45, 2.75) is 19.1 Å². The molecule has 0 spiro atoms. The fraction of sp³-hybridized carbons (Fsp3) is 0.350. The van der Waals surface area contributed by atoms with Crippen LogP contribution in [0.1, 0.15) is 28.9 Å². The Morgan fingerprint density at radius 1 is 1.15 bits per heavy atom. The van der Waals surface area contributed by atoms with Crippen LogP contribution < -0.4 is 4.74 Å². The summed E-state index contributed by atoms with van der Waals surface area (Å²) in [4.78, 5) is 13.4. The first-order chi connectivity index (χ1) is 12.4. The van der Waals surface area contributed by atoms with E-state index in [0.717, 1.165) is 5.56 Å². The van der Waals surface area contributed by atoms with Crippen molar-refractivity contribution in [3.63, 3.8) is 0 Å². The third kappa shape index (κ3) is 5.73. The second-order valence-electron chi connectivity index (χ2n) is 6.15. The largest absolute Gasteiger partial charge is 0.491 e. The Bertz CT molecular complexity index is 703. The standard InChI is InChI=1S/C20H24ClNO4/c1-14(15-4-8-17(21)9-5-15)22(2)12-18(23)13-26-19-10-6-16(7-11-19)20(24)25-3/h4-11,14,18,23H,12-13H2,1-3H3. The molecule has 0 heterocycles. The Kier molecular flexibility index (Phi) is 7.45. The van der Waals surface area contributed by atoms with Crippen molar-refractivity contribution in [2.24, 2.45) is 0 Å². The van der Waals surface area contributed by atoms with Crippen LogP contribution in [0, 0.1) is 0 Å². The van der Waals surface area contributed by atoms with Crippen molar-refractivity contribution in [2.75, 3.05) is 27.3 Å². The molecule has 140 valence electrons. The van der Waals surface area contributed by atoms with E-state index in [9.17, 15) is 9.90 Å². The molecule has 1 N–H and O–H groups in total. The van der Waals surface area contributed by atoms with E-state index in [0.29, 0.717) is 22.9 Å². The van der Waals surface area contributed by atoms with Gasteiger partial charge in [0.15, 0.2) is 0 Å². The molecule has 5 nitrogen and oxygen atoms in total. The van der Waals surface area contributed by atoms with Gasteiger partial charge in [0, 0.05) is 17.6 Å². The normalized spacial score (nSPS) is 13.3. The van der Waals surface area contributed by atoms with Gasteiger partial charge in [-0.05, 0) is 55.9 Å². The van der Waals surface area contributed by atoms with E-state index < -0.39 is 12.1 Å². The summed E-state index contributed by atoms with van der Waals surface area (Å²) in [7, 11) is 3.29. The van der Waals surface area contributed by atoms with E-state index >= 15 is 0 Å². The Hall–Kier alpha value is -2.08. The van der Waals surface area contributed by atoms with E-state index in [2.05, 4.69) is 16.6 Å². The molecule has 0 bridgehead atoms. The van der Waals surface area contributed by atoms with Gasteiger partial charge in [-0.1, -0.05) is 23.7 Å². The van der Waals surface area contributed by atoms with Gasteiger partial charge in [0.25, 0.3) is 0 Å². The number of rotatable bonds is 8. The predicted octanol–water partition coefficient (Wildman–Crippen LogP) is 3.56. The monoisotopic (exact) mass is 377 g/mol. The highest BCUT2D eigenvalue weighted by Crippen LogP contribution is 2.21. The molecule has 0 saturated heterocycles. The Labute approximate surface area is 159 Å². The van der Waals surface area contributed by atoms with Gasteiger partial charge in [0.2, 0.25) is 0 Å². The fourth-order valence-corrected chi connectivity index (χ4v) is 2.66. The van der Waals surface area contributed by atoms with Gasteiger partial charge in [-0.3, -0.25) is 4.90 Å². The molecule has 0 aliphatic heterocycles. The van der Waals surface area contributed by atoms with E-state index in [1.807, 2.05) is 31.3 Å². The number of aliphatic hydroxyl groups excluding tert-OH is 1. The number of nitrogens with zero attached hydrogens (tertiary/aromatic N) is 1. The molecule has 0 fully saturated rings. The lowest BCUT2D eigenvalue weighted by Crippen LogP contribution is -2.34. The minimum Gasteiger partial charge on any atom is -0.491 e. The number of hydrogen-bond donors (Lipinski definition) is 1. The van der Waals surface area contributed by atoms with Crippen molar-refractivity contribution in [3.05, 3.63) is 64.7 Å². The first kappa shape index (κ1) is 20.2. The molecule has 26 heavy (non-hydrogen) atoms. The lowest BCUT2D eigenvalue weighted by molar-refractivity contribution is 0.0598. The average molecular weight is 378 g/mol. The number of methoxy groups -OCH3 is 1. The summed E-state index contributed by atoms with van der Waals surface area (Å²) in [5.41, 5.74) is 1.58. The van der Waals surface area contributed by atoms with Gasteiger partial charge in [-0.25, -0.2) is 4.79 Å². The van der Waals surface area contributed by atoms with Crippen molar-refractivity contribution >= 4 is 17.6 Å². The van der Waals surface area contributed by atoms with Crippen molar-refractivity contribution in [1.82, 2.24) is 4.90 Å². The third-order valence-electron chi connectivity index (χ3n) is 4.23. The molecular weight excluding hydrogens is 354 g/mol. The number of carbonyl (C=O) groups excluding carboxylic acids is 1. The highest BCUT2D eigenvalue weighted by molar-refractivity contribution is 6.30. The van der Waals surface area contributed by atoms with E-state index in [1.165, 1.54) is 7.11 Å². The zero-order valence-electron chi connectivity index (χ0n) is 15.2. The topological polar surface area (TPSA) is 59.0 Å². The maximum Gasteiger partial charge on any atom is 0.337 e. The molecule has 0 radical (unpaired) electrons. The molecule has 6 heteroatoms. The average Bonchev–Trinajstić information content (AvgIpc) is 2.66. The molecule has 0 aromatic heterocycles. The quantitative estimate of drug-likeness (QED) is 0.713. The highest BCUT2D eigenvalue weighted by atomic mass is 35.5. The van der Waals surface area contributed by atoms with Gasteiger partial charge in [-0.2, -0.15) is 0 Å². The second-order valence-corrected chi connectivity index (χ2v) is 6.58. The number of carbonyl (C=O) groups is 1. The molecule has 2 rings (SSSR count). The number of hydrogen-bond acceptors (Lipinski definition) is 5. The predicted molar refractivity (Wildman–Crippen MR) is 102 cm³/mol. The van der Waals surface area contributed by atoms with Crippen LogP contribution in [0.3, 0.4) is 0 Å². The summed E-state index contributed by atoms with van der Waals surface area (Å²) < 4.78 is 10.2. The maximum absolute atomic E-state index is 11.4. The zero-order valence-corrected chi connectivity index (χ0v) is 15.9. The third-order valence-corrected chi connectivity index (χ3v) is 4.48. The summed E-state index contributed by atoms with van der Waals surface area (Å²) in [5.74, 6) is 0.194. The number of ether oxygens (including phenoxy) is 2. The minimum absolute atomic E-state index is 0.140. The molecule has 2 aromatic carbocycles. The van der Waals surface area contributed by atoms with Crippen molar-refractivity contribution < 1.29 is 19.4 Å². The molecule has 0 saturated carbocycles. The lowest BCUT2D eigenvalue weighted by atomic mass is 10.1.